The molecular formula is C13H15ClIN3O. The van der Waals surface area contributed by atoms with Crippen LogP contribution in [0, 0.1) is 9.62 Å². The Morgan fingerprint density at radius 3 is 2.79 bits per heavy atom. The van der Waals surface area contributed by atoms with E-state index in [1.165, 1.54) is 0 Å². The second-order valence-corrected chi connectivity index (χ2v) is 6.59. The molecule has 1 saturated carbocycles. The van der Waals surface area contributed by atoms with Gasteiger partial charge in [0.15, 0.2) is 5.15 Å². The van der Waals surface area contributed by atoms with Crippen molar-refractivity contribution in [3.63, 3.8) is 0 Å². The molecule has 6 heteroatoms. The SMILES string of the molecule is OCC1CCC(c2ncc3c(Cl)nc(I)cn23)CC1. The maximum atomic E-state index is 9.20. The summed E-state index contributed by atoms with van der Waals surface area (Å²) in [5, 5.41) is 9.71. The minimum absolute atomic E-state index is 0.308. The monoisotopic (exact) mass is 391 g/mol. The molecule has 1 N–H and O–H groups in total. The van der Waals surface area contributed by atoms with Crippen LogP contribution in [-0.4, -0.2) is 26.1 Å². The molecule has 0 spiro atoms. The van der Waals surface area contributed by atoms with Crippen LogP contribution in [0.4, 0.5) is 0 Å². The number of halogens is 2. The van der Waals surface area contributed by atoms with E-state index < -0.39 is 0 Å². The summed E-state index contributed by atoms with van der Waals surface area (Å²) < 4.78 is 2.94. The Morgan fingerprint density at radius 2 is 2.11 bits per heavy atom. The van der Waals surface area contributed by atoms with E-state index in [1.54, 1.807) is 6.20 Å². The molecule has 0 atom stereocenters. The quantitative estimate of drug-likeness (QED) is 0.800. The minimum Gasteiger partial charge on any atom is -0.396 e. The molecule has 0 aliphatic heterocycles. The van der Waals surface area contributed by atoms with Gasteiger partial charge in [-0.2, -0.15) is 0 Å². The number of aromatic nitrogens is 3. The van der Waals surface area contributed by atoms with Gasteiger partial charge in [0, 0.05) is 18.7 Å². The summed E-state index contributed by atoms with van der Waals surface area (Å²) in [7, 11) is 0. The smallest absolute Gasteiger partial charge is 0.155 e. The summed E-state index contributed by atoms with van der Waals surface area (Å²) >= 11 is 8.32. The molecule has 0 saturated heterocycles. The standard InChI is InChI=1S/C13H15ClIN3O/c14-12-10-5-16-13(18(10)6-11(15)17-12)9-3-1-8(7-19)2-4-9/h5-6,8-9,19H,1-4,7H2. The zero-order valence-electron chi connectivity index (χ0n) is 10.4. The molecule has 2 aromatic heterocycles. The molecule has 0 amide bonds. The Morgan fingerprint density at radius 1 is 1.37 bits per heavy atom. The van der Waals surface area contributed by atoms with Crippen LogP contribution in [-0.2, 0) is 0 Å². The van der Waals surface area contributed by atoms with E-state index in [2.05, 4.69) is 37.0 Å². The average molecular weight is 392 g/mol. The predicted octanol–water partition coefficient (Wildman–Crippen LogP) is 3.25. The first-order valence-electron chi connectivity index (χ1n) is 6.49. The van der Waals surface area contributed by atoms with E-state index in [9.17, 15) is 5.11 Å². The number of aliphatic hydroxyl groups is 1. The number of hydrogen-bond acceptors (Lipinski definition) is 3. The lowest BCUT2D eigenvalue weighted by molar-refractivity contribution is 0.181. The molecule has 19 heavy (non-hydrogen) atoms. The van der Waals surface area contributed by atoms with E-state index in [1.807, 2.05) is 6.20 Å². The van der Waals surface area contributed by atoms with Gasteiger partial charge in [-0.3, -0.25) is 4.40 Å². The summed E-state index contributed by atoms with van der Waals surface area (Å²) in [6.45, 7) is 0.308. The van der Waals surface area contributed by atoms with E-state index in [4.69, 9.17) is 11.6 Å². The van der Waals surface area contributed by atoms with E-state index >= 15 is 0 Å². The first kappa shape index (κ1) is 13.6. The summed E-state index contributed by atoms with van der Waals surface area (Å²) in [6, 6.07) is 0. The Kier molecular flexibility index (Phi) is 3.96. The number of imidazole rings is 1. The fraction of sp³-hybridized carbons (Fsp3) is 0.538. The third-order valence-corrected chi connectivity index (χ3v) is 4.75. The Hall–Kier alpha value is -0.400. The van der Waals surface area contributed by atoms with Crippen LogP contribution in [0.15, 0.2) is 12.4 Å². The fourth-order valence-electron chi connectivity index (χ4n) is 2.86. The van der Waals surface area contributed by atoms with Crippen molar-refractivity contribution in [1.82, 2.24) is 14.4 Å². The van der Waals surface area contributed by atoms with E-state index in [0.717, 1.165) is 40.7 Å². The molecule has 3 rings (SSSR count). The van der Waals surface area contributed by atoms with Gasteiger partial charge in [0.1, 0.15) is 15.0 Å². The molecular weight excluding hydrogens is 377 g/mol. The van der Waals surface area contributed by atoms with Gasteiger partial charge in [-0.05, 0) is 54.2 Å². The highest BCUT2D eigenvalue weighted by Gasteiger charge is 2.25. The maximum Gasteiger partial charge on any atom is 0.155 e. The van der Waals surface area contributed by atoms with Crippen LogP contribution in [0.2, 0.25) is 5.15 Å². The van der Waals surface area contributed by atoms with Crippen LogP contribution < -0.4 is 0 Å². The Balaban J connectivity index is 1.93. The van der Waals surface area contributed by atoms with Crippen LogP contribution >= 0.6 is 34.2 Å². The molecule has 1 aliphatic carbocycles. The third-order valence-electron chi connectivity index (χ3n) is 3.95. The molecule has 0 bridgehead atoms. The molecule has 2 heterocycles. The largest absolute Gasteiger partial charge is 0.396 e. The molecule has 0 aromatic carbocycles. The normalized spacial score (nSPS) is 23.9. The molecule has 1 aliphatic rings. The molecule has 1 fully saturated rings. The van der Waals surface area contributed by atoms with Gasteiger partial charge in [-0.1, -0.05) is 11.6 Å². The van der Waals surface area contributed by atoms with Gasteiger partial charge < -0.3 is 5.11 Å². The van der Waals surface area contributed by atoms with Crippen LogP contribution in [0.25, 0.3) is 5.52 Å². The Bertz CT molecular complexity index is 593. The molecule has 2 aromatic rings. The summed E-state index contributed by atoms with van der Waals surface area (Å²) in [6.07, 6.45) is 8.11. The zero-order chi connectivity index (χ0) is 13.4. The minimum atomic E-state index is 0.308. The highest BCUT2D eigenvalue weighted by Crippen LogP contribution is 2.35. The van der Waals surface area contributed by atoms with Crippen molar-refractivity contribution in [1.29, 1.82) is 0 Å². The van der Waals surface area contributed by atoms with Crippen LogP contribution in [0.3, 0.4) is 0 Å². The highest BCUT2D eigenvalue weighted by molar-refractivity contribution is 14.1. The van der Waals surface area contributed by atoms with Crippen molar-refractivity contribution >= 4 is 39.7 Å². The van der Waals surface area contributed by atoms with Crippen molar-refractivity contribution < 1.29 is 5.11 Å². The van der Waals surface area contributed by atoms with Crippen LogP contribution in [0.1, 0.15) is 37.4 Å². The van der Waals surface area contributed by atoms with Crippen molar-refractivity contribution in [3.05, 3.63) is 27.1 Å². The molecule has 102 valence electrons. The second-order valence-electron chi connectivity index (χ2n) is 5.13. The van der Waals surface area contributed by atoms with Gasteiger partial charge in [0.25, 0.3) is 0 Å². The van der Waals surface area contributed by atoms with Crippen molar-refractivity contribution in [2.45, 2.75) is 31.6 Å². The van der Waals surface area contributed by atoms with Gasteiger partial charge in [0.05, 0.1) is 6.20 Å². The van der Waals surface area contributed by atoms with Gasteiger partial charge in [0.2, 0.25) is 0 Å². The van der Waals surface area contributed by atoms with Crippen LogP contribution in [0.5, 0.6) is 0 Å². The number of aliphatic hydroxyl groups excluding tert-OH is 1. The summed E-state index contributed by atoms with van der Waals surface area (Å²) in [5.41, 5.74) is 0.876. The number of fused-ring (bicyclic) bond motifs is 1. The summed E-state index contributed by atoms with van der Waals surface area (Å²) in [4.78, 5) is 8.79. The van der Waals surface area contributed by atoms with Gasteiger partial charge in [-0.25, -0.2) is 9.97 Å². The van der Waals surface area contributed by atoms with Crippen molar-refractivity contribution in [2.24, 2.45) is 5.92 Å². The average Bonchev–Trinajstić information content (AvgIpc) is 2.83. The summed E-state index contributed by atoms with van der Waals surface area (Å²) in [5.74, 6) is 2.00. The topological polar surface area (TPSA) is 50.4 Å². The van der Waals surface area contributed by atoms with Gasteiger partial charge >= 0.3 is 0 Å². The highest BCUT2D eigenvalue weighted by atomic mass is 127. The first-order valence-corrected chi connectivity index (χ1v) is 7.94. The van der Waals surface area contributed by atoms with E-state index in [0.29, 0.717) is 23.6 Å². The van der Waals surface area contributed by atoms with Crippen molar-refractivity contribution in [3.8, 4) is 0 Å². The van der Waals surface area contributed by atoms with Gasteiger partial charge in [-0.15, -0.1) is 0 Å². The Labute approximate surface area is 130 Å². The molecule has 0 unspecified atom stereocenters. The predicted molar refractivity (Wildman–Crippen MR) is 82.5 cm³/mol. The lowest BCUT2D eigenvalue weighted by Gasteiger charge is -2.26. The number of rotatable bonds is 2. The molecule has 0 radical (unpaired) electrons. The third kappa shape index (κ3) is 2.60. The lowest BCUT2D eigenvalue weighted by atomic mass is 9.82. The fourth-order valence-corrected chi connectivity index (χ4v) is 3.75. The lowest BCUT2D eigenvalue weighted by Crippen LogP contribution is -2.17. The number of nitrogens with zero attached hydrogens (tertiary/aromatic N) is 3. The zero-order valence-corrected chi connectivity index (χ0v) is 13.3. The number of hydrogen-bond donors (Lipinski definition) is 1. The van der Waals surface area contributed by atoms with E-state index in [-0.39, 0.29) is 0 Å². The first-order chi connectivity index (χ1) is 9.19. The second kappa shape index (κ2) is 5.54. The van der Waals surface area contributed by atoms with Crippen molar-refractivity contribution in [2.75, 3.05) is 6.61 Å². The molecule has 4 nitrogen and oxygen atoms in total. The maximum absolute atomic E-state index is 9.20.